The van der Waals surface area contributed by atoms with E-state index in [-0.39, 0.29) is 11.9 Å². The van der Waals surface area contributed by atoms with Crippen LogP contribution in [0.25, 0.3) is 11.3 Å². The number of piperidine rings is 1. The number of halogens is 1. The number of aryl methyl sites for hydroxylation is 1. The lowest BCUT2D eigenvalue weighted by Crippen LogP contribution is -2.46. The summed E-state index contributed by atoms with van der Waals surface area (Å²) in [6.45, 7) is 16.9. The summed E-state index contributed by atoms with van der Waals surface area (Å²) in [5.74, 6) is 1.83. The molecule has 206 valence electrons. The molecule has 0 radical (unpaired) electrons. The van der Waals surface area contributed by atoms with E-state index >= 15 is 4.39 Å². The minimum Gasteiger partial charge on any atom is -0.487 e. The first-order chi connectivity index (χ1) is 18.8. The number of hydrogen-bond donors (Lipinski definition) is 1. The molecule has 2 fully saturated rings. The molecule has 6 rings (SSSR count). The third kappa shape index (κ3) is 4.68. The zero-order chi connectivity index (χ0) is 27.3. The largest absolute Gasteiger partial charge is 0.487 e. The summed E-state index contributed by atoms with van der Waals surface area (Å²) in [6, 6.07) is 8.26. The van der Waals surface area contributed by atoms with Crippen LogP contribution in [-0.4, -0.2) is 65.9 Å². The minimum absolute atomic E-state index is 0.0135. The van der Waals surface area contributed by atoms with Crippen molar-refractivity contribution in [3.8, 4) is 5.75 Å². The van der Waals surface area contributed by atoms with Crippen molar-refractivity contribution in [2.24, 2.45) is 5.92 Å². The van der Waals surface area contributed by atoms with Gasteiger partial charge in [0.2, 0.25) is 5.82 Å². The molecular formula is C30H38FN7O. The maximum atomic E-state index is 16.1. The number of likely N-dealkylation sites (N-methyl/N-ethyl adjacent to an activating group) is 1. The van der Waals surface area contributed by atoms with E-state index in [0.717, 1.165) is 72.9 Å². The van der Waals surface area contributed by atoms with Gasteiger partial charge in [0.15, 0.2) is 17.3 Å². The Morgan fingerprint density at radius 3 is 2.74 bits per heavy atom. The SMILES string of the molecule is C=C1COc2ccc(C)cc2C(=C)N2CCCC[C@H]2c2cc3nc(N4CC(C)C4)c(F)c(n3n2)N(C)CCN1. The first kappa shape index (κ1) is 25.5. The van der Waals surface area contributed by atoms with E-state index in [1.54, 1.807) is 4.52 Å². The maximum Gasteiger partial charge on any atom is 0.208 e. The van der Waals surface area contributed by atoms with Crippen LogP contribution < -0.4 is 19.9 Å². The zero-order valence-electron chi connectivity index (χ0n) is 23.2. The summed E-state index contributed by atoms with van der Waals surface area (Å²) in [5.41, 5.74) is 5.35. The van der Waals surface area contributed by atoms with Crippen LogP contribution in [-0.2, 0) is 0 Å². The van der Waals surface area contributed by atoms with Gasteiger partial charge in [0.05, 0.1) is 11.7 Å². The summed E-state index contributed by atoms with van der Waals surface area (Å²) in [4.78, 5) is 11.1. The van der Waals surface area contributed by atoms with Gasteiger partial charge in [0.1, 0.15) is 12.4 Å². The standard InChI is InChI=1S/C30H38FN7O/c1-19-9-10-26-23(14-19)22(4)37-12-7-6-8-25(37)24-15-27-33-29(36-16-20(2)17-36)28(31)30(38(27)34-24)35(5)13-11-32-21(3)18-39-26/h9-10,14-15,20,25,32H,3-4,6-8,11-13,16-18H2,1-2,5H3/t25-/m0/s1. The topological polar surface area (TPSA) is 61.2 Å². The molecule has 2 aromatic heterocycles. The van der Waals surface area contributed by atoms with Crippen molar-refractivity contribution < 1.29 is 9.13 Å². The summed E-state index contributed by atoms with van der Waals surface area (Å²) in [7, 11) is 1.90. The van der Waals surface area contributed by atoms with Crippen molar-refractivity contribution in [3.63, 3.8) is 0 Å². The smallest absolute Gasteiger partial charge is 0.208 e. The van der Waals surface area contributed by atoms with Crippen molar-refractivity contribution in [1.82, 2.24) is 24.8 Å². The third-order valence-corrected chi connectivity index (χ3v) is 8.11. The molecule has 1 atom stereocenters. The van der Waals surface area contributed by atoms with E-state index in [1.165, 1.54) is 0 Å². The fraction of sp³-hybridized carbons (Fsp3) is 0.467. The average Bonchev–Trinajstić information content (AvgIpc) is 3.32. The Hall–Kier alpha value is -3.75. The van der Waals surface area contributed by atoms with Gasteiger partial charge in [0.25, 0.3) is 0 Å². The zero-order valence-corrected chi connectivity index (χ0v) is 23.2. The third-order valence-electron chi connectivity index (χ3n) is 8.11. The number of benzene rings is 1. The second kappa shape index (κ2) is 10.1. The molecule has 3 aromatic rings. The molecule has 0 unspecified atom stereocenters. The van der Waals surface area contributed by atoms with Crippen LogP contribution in [0.15, 0.2) is 43.1 Å². The lowest BCUT2D eigenvalue weighted by atomic mass is 9.96. The molecule has 8 nitrogen and oxygen atoms in total. The molecule has 39 heavy (non-hydrogen) atoms. The molecule has 0 aliphatic carbocycles. The van der Waals surface area contributed by atoms with Crippen LogP contribution in [0, 0.1) is 18.7 Å². The average molecular weight is 532 g/mol. The number of rotatable bonds is 1. The van der Waals surface area contributed by atoms with Crippen LogP contribution in [0.2, 0.25) is 0 Å². The first-order valence-corrected chi connectivity index (χ1v) is 14.0. The second-order valence-corrected chi connectivity index (χ2v) is 11.3. The molecule has 1 aromatic carbocycles. The van der Waals surface area contributed by atoms with E-state index < -0.39 is 0 Å². The van der Waals surface area contributed by atoms with E-state index in [2.05, 4.69) is 49.4 Å². The van der Waals surface area contributed by atoms with Crippen LogP contribution >= 0.6 is 0 Å². The van der Waals surface area contributed by atoms with Crippen molar-refractivity contribution >= 4 is 23.0 Å². The molecule has 0 spiro atoms. The lowest BCUT2D eigenvalue weighted by molar-refractivity contribution is 0.225. The summed E-state index contributed by atoms with van der Waals surface area (Å²) >= 11 is 0. The van der Waals surface area contributed by atoms with Gasteiger partial charge in [-0.05, 0) is 44.2 Å². The normalized spacial score (nSPS) is 20.9. The Morgan fingerprint density at radius 2 is 1.95 bits per heavy atom. The van der Waals surface area contributed by atoms with Crippen molar-refractivity contribution in [3.05, 3.63) is 65.8 Å². The van der Waals surface area contributed by atoms with E-state index in [4.69, 9.17) is 14.8 Å². The highest BCUT2D eigenvalue weighted by molar-refractivity contribution is 5.69. The van der Waals surface area contributed by atoms with Crippen LogP contribution in [0.5, 0.6) is 5.75 Å². The van der Waals surface area contributed by atoms with Gasteiger partial charge < -0.3 is 24.8 Å². The highest BCUT2D eigenvalue weighted by Gasteiger charge is 2.33. The Balaban J connectivity index is 1.49. The number of fused-ring (bicyclic) bond motifs is 4. The van der Waals surface area contributed by atoms with Gasteiger partial charge in [-0.3, -0.25) is 0 Å². The number of ether oxygens (including phenoxy) is 1. The highest BCUT2D eigenvalue weighted by atomic mass is 19.1. The molecule has 5 heterocycles. The van der Waals surface area contributed by atoms with Gasteiger partial charge in [-0.25, -0.2) is 4.98 Å². The van der Waals surface area contributed by atoms with Crippen molar-refractivity contribution in [2.45, 2.75) is 39.2 Å². The lowest BCUT2D eigenvalue weighted by Gasteiger charge is -2.38. The van der Waals surface area contributed by atoms with Crippen LogP contribution in [0.3, 0.4) is 0 Å². The van der Waals surface area contributed by atoms with E-state index in [1.807, 2.05) is 29.0 Å². The molecule has 3 aliphatic rings. The Bertz CT molecular complexity index is 1430. The van der Waals surface area contributed by atoms with Gasteiger partial charge in [-0.2, -0.15) is 14.0 Å². The second-order valence-electron chi connectivity index (χ2n) is 11.3. The monoisotopic (exact) mass is 531 g/mol. The maximum absolute atomic E-state index is 16.1. The minimum atomic E-state index is -0.330. The van der Waals surface area contributed by atoms with E-state index in [0.29, 0.717) is 42.9 Å². The van der Waals surface area contributed by atoms with Gasteiger partial charge >= 0.3 is 0 Å². The first-order valence-electron chi connectivity index (χ1n) is 14.0. The van der Waals surface area contributed by atoms with Gasteiger partial charge in [-0.1, -0.05) is 31.7 Å². The number of nitrogens with one attached hydrogen (secondary N) is 1. The quantitative estimate of drug-likeness (QED) is 0.486. The molecule has 3 aliphatic heterocycles. The molecule has 0 amide bonds. The molecule has 9 heteroatoms. The van der Waals surface area contributed by atoms with Crippen LogP contribution in [0.4, 0.5) is 16.0 Å². The van der Waals surface area contributed by atoms with Gasteiger partial charge in [-0.15, -0.1) is 0 Å². The number of aromatic nitrogens is 3. The fourth-order valence-corrected chi connectivity index (χ4v) is 5.98. The Kier molecular flexibility index (Phi) is 6.61. The fourth-order valence-electron chi connectivity index (χ4n) is 5.98. The van der Waals surface area contributed by atoms with Crippen molar-refractivity contribution in [2.75, 3.05) is 56.2 Å². The highest BCUT2D eigenvalue weighted by Crippen LogP contribution is 2.40. The predicted octanol–water partition coefficient (Wildman–Crippen LogP) is 4.76. The summed E-state index contributed by atoms with van der Waals surface area (Å²) in [6.07, 6.45) is 3.11. The van der Waals surface area contributed by atoms with Crippen LogP contribution in [0.1, 0.15) is 49.0 Å². The van der Waals surface area contributed by atoms with Crippen molar-refractivity contribution in [1.29, 1.82) is 0 Å². The molecule has 2 saturated heterocycles. The number of nitrogens with zero attached hydrogens (tertiary/aromatic N) is 6. The summed E-state index contributed by atoms with van der Waals surface area (Å²) < 4.78 is 24.1. The molecular weight excluding hydrogens is 493 g/mol. The number of hydrogen-bond acceptors (Lipinski definition) is 7. The Labute approximate surface area is 229 Å². The molecule has 1 N–H and O–H groups in total. The van der Waals surface area contributed by atoms with E-state index in [9.17, 15) is 0 Å². The summed E-state index contributed by atoms with van der Waals surface area (Å²) in [5, 5.41) is 8.34. The van der Waals surface area contributed by atoms with Gasteiger partial charge in [0, 0.05) is 62.8 Å². The molecule has 2 bridgehead atoms. The number of anilines is 2. The Morgan fingerprint density at radius 1 is 1.13 bits per heavy atom. The molecule has 0 saturated carbocycles. The predicted molar refractivity (Wildman–Crippen MR) is 154 cm³/mol.